The van der Waals surface area contributed by atoms with E-state index >= 15 is 0 Å². The Hall–Kier alpha value is -4.20. The number of piperazine rings is 1. The molecule has 4 aromatic rings. The minimum Gasteiger partial charge on any atom is -0.384 e. The maximum atomic E-state index is 13.3. The Kier molecular flexibility index (Phi) is 6.33. The summed E-state index contributed by atoms with van der Waals surface area (Å²) < 4.78 is 3.06. The number of terminal acetylenes is 1. The second-order valence-electron chi connectivity index (χ2n) is 10.6. The topological polar surface area (TPSA) is 104 Å². The zero-order chi connectivity index (χ0) is 27.1. The van der Waals surface area contributed by atoms with Crippen LogP contribution < -0.4 is 15.8 Å². The summed E-state index contributed by atoms with van der Waals surface area (Å²) in [5.41, 5.74) is 2.71. The van der Waals surface area contributed by atoms with Crippen LogP contribution in [0.1, 0.15) is 31.0 Å². The number of nitrogens with one attached hydrogen (secondary N) is 1. The molecule has 2 aliphatic rings. The van der Waals surface area contributed by atoms with Gasteiger partial charge in [0.25, 0.3) is 5.56 Å². The van der Waals surface area contributed by atoms with Gasteiger partial charge >= 0.3 is 0 Å². The molecule has 1 fully saturated rings. The quantitative estimate of drug-likeness (QED) is 0.384. The van der Waals surface area contributed by atoms with Crippen molar-refractivity contribution in [3.63, 3.8) is 0 Å². The third-order valence-corrected chi connectivity index (χ3v) is 7.71. The first-order chi connectivity index (χ1) is 18.8. The Bertz CT molecular complexity index is 1620. The molecular formula is C29H32N8O2. The van der Waals surface area contributed by atoms with Crippen molar-refractivity contribution in [2.24, 2.45) is 0 Å². The molecule has 0 spiro atoms. The summed E-state index contributed by atoms with van der Waals surface area (Å²) in [6, 6.07) is 12.0. The van der Waals surface area contributed by atoms with Gasteiger partial charge in [-0.05, 0) is 69.1 Å². The summed E-state index contributed by atoms with van der Waals surface area (Å²) in [6.07, 6.45) is 9.52. The first kappa shape index (κ1) is 25.1. The van der Waals surface area contributed by atoms with Gasteiger partial charge in [0.15, 0.2) is 11.5 Å². The maximum absolute atomic E-state index is 13.3. The molecule has 1 atom stereocenters. The summed E-state index contributed by atoms with van der Waals surface area (Å²) >= 11 is 0. The fourth-order valence-electron chi connectivity index (χ4n) is 5.51. The number of hydrogen-bond donors (Lipinski definition) is 2. The van der Waals surface area contributed by atoms with Gasteiger partial charge < -0.3 is 20.2 Å². The number of aliphatic hydroxyl groups is 1. The normalized spacial score (nSPS) is 19.6. The standard InChI is InChI=1S/C29H32N8O2/c1-4-14-36-27(38)23-19-30-28(31-21-8-10-22(11-9-21)35-17-15-34(3)16-18-35)33-26(23)37(36)24-12-7-20-6-5-13-29(2,39)25(20)32-24/h1,7-12,19,39H,5-6,13-18H2,2-3H3,(H,30,31,33). The number of aromatic nitrogens is 5. The van der Waals surface area contributed by atoms with Crippen LogP contribution in [0.5, 0.6) is 0 Å². The van der Waals surface area contributed by atoms with Crippen LogP contribution >= 0.6 is 0 Å². The number of rotatable bonds is 5. The van der Waals surface area contributed by atoms with Crippen LogP contribution in [0.15, 0.2) is 47.4 Å². The van der Waals surface area contributed by atoms with E-state index in [-0.39, 0.29) is 12.1 Å². The first-order valence-electron chi connectivity index (χ1n) is 13.3. The SMILES string of the molecule is C#CCn1c(=O)c2cnc(Nc3ccc(N4CCN(C)CC4)cc3)nc2n1-c1ccc2c(n1)C(C)(O)CCC2. The lowest BCUT2D eigenvalue weighted by molar-refractivity contribution is 0.0339. The lowest BCUT2D eigenvalue weighted by Crippen LogP contribution is -2.44. The van der Waals surface area contributed by atoms with Gasteiger partial charge in [-0.25, -0.2) is 19.3 Å². The van der Waals surface area contributed by atoms with Gasteiger partial charge in [-0.3, -0.25) is 4.79 Å². The van der Waals surface area contributed by atoms with Crippen molar-refractivity contribution in [2.75, 3.05) is 43.4 Å². The highest BCUT2D eigenvalue weighted by Crippen LogP contribution is 2.34. The Morgan fingerprint density at radius 1 is 1.10 bits per heavy atom. The molecule has 3 aromatic heterocycles. The molecular weight excluding hydrogens is 492 g/mol. The molecule has 0 saturated carbocycles. The highest BCUT2D eigenvalue weighted by molar-refractivity contribution is 5.77. The average molecular weight is 525 g/mol. The van der Waals surface area contributed by atoms with Gasteiger partial charge in [-0.1, -0.05) is 12.0 Å². The molecule has 1 saturated heterocycles. The molecule has 0 amide bonds. The third-order valence-electron chi connectivity index (χ3n) is 7.71. The molecule has 0 radical (unpaired) electrons. The van der Waals surface area contributed by atoms with Crippen LogP contribution in [0.3, 0.4) is 0 Å². The Morgan fingerprint density at radius 3 is 2.62 bits per heavy atom. The molecule has 6 rings (SSSR count). The highest BCUT2D eigenvalue weighted by Gasteiger charge is 2.32. The van der Waals surface area contributed by atoms with E-state index in [4.69, 9.17) is 16.4 Å². The van der Waals surface area contributed by atoms with E-state index < -0.39 is 5.60 Å². The van der Waals surface area contributed by atoms with Crippen LogP contribution in [0, 0.1) is 12.3 Å². The predicted molar refractivity (Wildman–Crippen MR) is 152 cm³/mol. The summed E-state index contributed by atoms with van der Waals surface area (Å²) in [5.74, 6) is 3.38. The van der Waals surface area contributed by atoms with E-state index in [9.17, 15) is 9.90 Å². The predicted octanol–water partition coefficient (Wildman–Crippen LogP) is 2.65. The van der Waals surface area contributed by atoms with E-state index in [1.807, 2.05) is 24.3 Å². The van der Waals surface area contributed by atoms with Crippen molar-refractivity contribution in [2.45, 2.75) is 38.3 Å². The monoisotopic (exact) mass is 524 g/mol. The van der Waals surface area contributed by atoms with Crippen LogP contribution in [0.2, 0.25) is 0 Å². The van der Waals surface area contributed by atoms with Gasteiger partial charge in [-0.15, -0.1) is 6.42 Å². The summed E-state index contributed by atoms with van der Waals surface area (Å²) in [4.78, 5) is 31.9. The van der Waals surface area contributed by atoms with Crippen LogP contribution in [-0.4, -0.2) is 67.5 Å². The molecule has 10 nitrogen and oxygen atoms in total. The Morgan fingerprint density at radius 2 is 1.87 bits per heavy atom. The second-order valence-corrected chi connectivity index (χ2v) is 10.6. The number of anilines is 3. The van der Waals surface area contributed by atoms with Crippen LogP contribution in [0.25, 0.3) is 16.9 Å². The van der Waals surface area contributed by atoms with Crippen LogP contribution in [-0.2, 0) is 18.6 Å². The second kappa shape index (κ2) is 9.84. The van der Waals surface area contributed by atoms with Crippen molar-refractivity contribution < 1.29 is 5.11 Å². The van der Waals surface area contributed by atoms with Gasteiger partial charge in [0.1, 0.15) is 17.5 Å². The molecule has 2 N–H and O–H groups in total. The average Bonchev–Trinajstić information content (AvgIpc) is 3.20. The zero-order valence-corrected chi connectivity index (χ0v) is 22.3. The number of hydrogen-bond acceptors (Lipinski definition) is 8. The van der Waals surface area contributed by atoms with Crippen molar-refractivity contribution >= 4 is 28.4 Å². The minimum atomic E-state index is -1.04. The molecule has 10 heteroatoms. The van der Waals surface area contributed by atoms with Crippen molar-refractivity contribution in [1.29, 1.82) is 0 Å². The fraction of sp³-hybridized carbons (Fsp3) is 0.379. The van der Waals surface area contributed by atoms with E-state index in [0.717, 1.165) is 50.3 Å². The smallest absolute Gasteiger partial charge is 0.279 e. The highest BCUT2D eigenvalue weighted by atomic mass is 16.3. The molecule has 200 valence electrons. The molecule has 4 heterocycles. The van der Waals surface area contributed by atoms with Gasteiger partial charge in [0.05, 0.1) is 5.69 Å². The number of likely N-dealkylation sites (N-methyl/N-ethyl adjacent to an activating group) is 1. The molecule has 0 bridgehead atoms. The maximum Gasteiger partial charge on any atom is 0.279 e. The molecule has 1 aliphatic carbocycles. The molecule has 1 aliphatic heterocycles. The van der Waals surface area contributed by atoms with Crippen molar-refractivity contribution in [3.05, 3.63) is 64.2 Å². The third kappa shape index (κ3) is 4.64. The largest absolute Gasteiger partial charge is 0.384 e. The van der Waals surface area contributed by atoms with Gasteiger partial charge in [0.2, 0.25) is 5.95 Å². The van der Waals surface area contributed by atoms with E-state index in [0.29, 0.717) is 34.9 Å². The van der Waals surface area contributed by atoms with E-state index in [1.165, 1.54) is 16.6 Å². The van der Waals surface area contributed by atoms with E-state index in [2.05, 4.69) is 45.2 Å². The summed E-state index contributed by atoms with van der Waals surface area (Å²) in [5, 5.41) is 14.6. The number of fused-ring (bicyclic) bond motifs is 2. The molecule has 39 heavy (non-hydrogen) atoms. The Labute approximate surface area is 226 Å². The lowest BCUT2D eigenvalue weighted by Gasteiger charge is -2.34. The van der Waals surface area contributed by atoms with Gasteiger partial charge in [-0.2, -0.15) is 4.98 Å². The fourth-order valence-corrected chi connectivity index (χ4v) is 5.51. The lowest BCUT2D eigenvalue weighted by atomic mass is 9.84. The first-order valence-corrected chi connectivity index (χ1v) is 13.3. The molecule has 1 unspecified atom stereocenters. The number of pyridine rings is 1. The van der Waals surface area contributed by atoms with Crippen molar-refractivity contribution in [3.8, 4) is 18.2 Å². The van der Waals surface area contributed by atoms with E-state index in [1.54, 1.807) is 11.6 Å². The van der Waals surface area contributed by atoms with Gasteiger partial charge in [0, 0.05) is 43.8 Å². The summed E-state index contributed by atoms with van der Waals surface area (Å²) in [7, 11) is 2.15. The molecule has 1 aromatic carbocycles. The number of nitrogens with zero attached hydrogens (tertiary/aromatic N) is 7. The number of benzene rings is 1. The Balaban J connectivity index is 1.36. The van der Waals surface area contributed by atoms with Crippen LogP contribution in [0.4, 0.5) is 17.3 Å². The number of aryl methyl sites for hydroxylation is 1. The van der Waals surface area contributed by atoms with Crippen molar-refractivity contribution in [1.82, 2.24) is 29.2 Å². The summed E-state index contributed by atoms with van der Waals surface area (Å²) in [6.45, 7) is 5.92. The zero-order valence-electron chi connectivity index (χ0n) is 22.3. The minimum absolute atomic E-state index is 0.0425.